The molecule has 1 aromatic carbocycles. The highest BCUT2D eigenvalue weighted by Crippen LogP contribution is 2.36. The summed E-state index contributed by atoms with van der Waals surface area (Å²) in [4.78, 5) is 4.27. The van der Waals surface area contributed by atoms with Gasteiger partial charge in [-0.25, -0.2) is 0 Å². The number of hydrogen-bond acceptors (Lipinski definition) is 6. The van der Waals surface area contributed by atoms with Gasteiger partial charge in [0.2, 0.25) is 5.82 Å². The highest BCUT2D eigenvalue weighted by molar-refractivity contribution is 5.66. The van der Waals surface area contributed by atoms with E-state index in [0.717, 1.165) is 0 Å². The van der Waals surface area contributed by atoms with Gasteiger partial charge in [0.05, 0.1) is 5.56 Å². The van der Waals surface area contributed by atoms with Gasteiger partial charge < -0.3 is 19.5 Å². The third-order valence-electron chi connectivity index (χ3n) is 3.28. The fourth-order valence-electron chi connectivity index (χ4n) is 1.89. The molecule has 6 heteroatoms. The zero-order chi connectivity index (χ0) is 14.8. The molecule has 108 valence electrons. The van der Waals surface area contributed by atoms with Gasteiger partial charge in [0, 0.05) is 6.61 Å². The lowest BCUT2D eigenvalue weighted by molar-refractivity contribution is -0.0403. The number of aromatic hydroxyl groups is 2. The number of phenolic OH excluding ortho intramolecular Hbond substituents is 2. The Hall–Kier alpha value is -2.08. The van der Waals surface area contributed by atoms with Gasteiger partial charge in [0.1, 0.15) is 5.60 Å². The second-order valence-electron chi connectivity index (χ2n) is 4.61. The second kappa shape index (κ2) is 5.50. The molecule has 0 amide bonds. The maximum atomic E-state index is 9.81. The van der Waals surface area contributed by atoms with Crippen LogP contribution in [0.5, 0.6) is 11.5 Å². The van der Waals surface area contributed by atoms with Crippen molar-refractivity contribution in [3.8, 4) is 23.0 Å². The number of aromatic nitrogens is 2. The highest BCUT2D eigenvalue weighted by atomic mass is 16.5. The molecule has 6 nitrogen and oxygen atoms in total. The lowest BCUT2D eigenvalue weighted by Gasteiger charge is -2.23. The van der Waals surface area contributed by atoms with Crippen LogP contribution in [0, 0.1) is 0 Å². The van der Waals surface area contributed by atoms with Crippen molar-refractivity contribution < 1.29 is 19.5 Å². The number of benzene rings is 1. The van der Waals surface area contributed by atoms with E-state index in [-0.39, 0.29) is 17.4 Å². The number of para-hydroxylation sites is 1. The Morgan fingerprint density at radius 1 is 1.30 bits per heavy atom. The Labute approximate surface area is 117 Å². The quantitative estimate of drug-likeness (QED) is 0.817. The smallest absolute Gasteiger partial charge is 0.261 e. The van der Waals surface area contributed by atoms with Crippen molar-refractivity contribution in [1.82, 2.24) is 10.1 Å². The molecule has 0 saturated heterocycles. The molecule has 0 radical (unpaired) electrons. The van der Waals surface area contributed by atoms with E-state index in [4.69, 9.17) is 9.26 Å². The summed E-state index contributed by atoms with van der Waals surface area (Å²) in [7, 11) is 0. The minimum Gasteiger partial charge on any atom is -0.504 e. The van der Waals surface area contributed by atoms with E-state index in [1.807, 2.05) is 20.8 Å². The molecule has 0 aliphatic heterocycles. The number of rotatable bonds is 5. The van der Waals surface area contributed by atoms with Crippen LogP contribution >= 0.6 is 0 Å². The van der Waals surface area contributed by atoms with Crippen molar-refractivity contribution in [1.29, 1.82) is 0 Å². The largest absolute Gasteiger partial charge is 0.504 e. The van der Waals surface area contributed by atoms with Crippen LogP contribution in [0.2, 0.25) is 0 Å². The van der Waals surface area contributed by atoms with Crippen LogP contribution in [0.15, 0.2) is 22.7 Å². The minimum absolute atomic E-state index is 0.146. The van der Waals surface area contributed by atoms with Crippen LogP contribution in [-0.4, -0.2) is 27.0 Å². The predicted octanol–water partition coefficient (Wildman–Crippen LogP) is 2.81. The maximum absolute atomic E-state index is 9.81. The van der Waals surface area contributed by atoms with E-state index in [1.54, 1.807) is 12.1 Å². The number of hydrogen-bond donors (Lipinski definition) is 2. The van der Waals surface area contributed by atoms with Gasteiger partial charge in [-0.2, -0.15) is 4.98 Å². The van der Waals surface area contributed by atoms with Crippen molar-refractivity contribution in [2.75, 3.05) is 6.61 Å². The number of phenols is 2. The molecule has 0 saturated carbocycles. The summed E-state index contributed by atoms with van der Waals surface area (Å²) in [5.74, 6) is 0.0509. The molecule has 1 atom stereocenters. The fourth-order valence-corrected chi connectivity index (χ4v) is 1.89. The molecular formula is C14H18N2O4. The molecule has 2 aromatic rings. The van der Waals surface area contributed by atoms with Gasteiger partial charge >= 0.3 is 0 Å². The standard InChI is InChI=1S/C14H18N2O4/c1-4-14(3,19-5-2)13-15-12(20-16-13)9-7-6-8-10(17)11(9)18/h6-8,17-18H,4-5H2,1-3H3. The van der Waals surface area contributed by atoms with Gasteiger partial charge in [0.25, 0.3) is 5.89 Å². The summed E-state index contributed by atoms with van der Waals surface area (Å²) in [6.07, 6.45) is 0.686. The predicted molar refractivity (Wildman–Crippen MR) is 72.3 cm³/mol. The second-order valence-corrected chi connectivity index (χ2v) is 4.61. The molecule has 2 N–H and O–H groups in total. The molecular weight excluding hydrogens is 260 g/mol. The average molecular weight is 278 g/mol. The molecule has 1 unspecified atom stereocenters. The number of ether oxygens (including phenoxy) is 1. The van der Waals surface area contributed by atoms with Crippen molar-refractivity contribution >= 4 is 0 Å². The Kier molecular flexibility index (Phi) is 3.94. The monoisotopic (exact) mass is 278 g/mol. The lowest BCUT2D eigenvalue weighted by Crippen LogP contribution is -2.26. The van der Waals surface area contributed by atoms with Crippen molar-refractivity contribution in [2.24, 2.45) is 0 Å². The normalized spacial score (nSPS) is 14.2. The first kappa shape index (κ1) is 14.3. The van der Waals surface area contributed by atoms with Crippen LogP contribution in [0.1, 0.15) is 33.0 Å². The zero-order valence-corrected chi connectivity index (χ0v) is 11.8. The van der Waals surface area contributed by atoms with E-state index >= 15 is 0 Å². The first-order valence-electron chi connectivity index (χ1n) is 6.51. The summed E-state index contributed by atoms with van der Waals surface area (Å²) in [5.41, 5.74) is -0.346. The van der Waals surface area contributed by atoms with E-state index < -0.39 is 5.60 Å². The first-order valence-corrected chi connectivity index (χ1v) is 6.51. The minimum atomic E-state index is -0.636. The molecule has 0 fully saturated rings. The van der Waals surface area contributed by atoms with Crippen LogP contribution in [0.25, 0.3) is 11.5 Å². The summed E-state index contributed by atoms with van der Waals surface area (Å²) < 4.78 is 10.8. The van der Waals surface area contributed by atoms with Gasteiger partial charge in [-0.15, -0.1) is 0 Å². The van der Waals surface area contributed by atoms with Crippen molar-refractivity contribution in [3.63, 3.8) is 0 Å². The van der Waals surface area contributed by atoms with E-state index in [1.165, 1.54) is 6.07 Å². The SMILES string of the molecule is CCOC(C)(CC)c1noc(-c2cccc(O)c2O)n1. The lowest BCUT2D eigenvalue weighted by atomic mass is 10.0. The van der Waals surface area contributed by atoms with Crippen LogP contribution in [-0.2, 0) is 10.3 Å². The average Bonchev–Trinajstić information content (AvgIpc) is 2.92. The van der Waals surface area contributed by atoms with Gasteiger partial charge in [0.15, 0.2) is 11.5 Å². The van der Waals surface area contributed by atoms with Crippen LogP contribution in [0.4, 0.5) is 0 Å². The van der Waals surface area contributed by atoms with E-state index in [2.05, 4.69) is 10.1 Å². The Balaban J connectivity index is 2.40. The molecule has 1 aromatic heterocycles. The molecule has 0 aliphatic carbocycles. The molecule has 0 spiro atoms. The molecule has 0 aliphatic rings. The third kappa shape index (κ3) is 2.46. The Morgan fingerprint density at radius 3 is 2.70 bits per heavy atom. The summed E-state index contributed by atoms with van der Waals surface area (Å²) in [5, 5.41) is 23.2. The first-order chi connectivity index (χ1) is 9.51. The van der Waals surface area contributed by atoms with E-state index in [0.29, 0.717) is 24.4 Å². The number of nitrogens with zero attached hydrogens (tertiary/aromatic N) is 2. The topological polar surface area (TPSA) is 88.6 Å². The van der Waals surface area contributed by atoms with E-state index in [9.17, 15) is 10.2 Å². The summed E-state index contributed by atoms with van der Waals surface area (Å²) >= 11 is 0. The molecule has 0 bridgehead atoms. The van der Waals surface area contributed by atoms with Crippen LogP contribution in [0.3, 0.4) is 0 Å². The van der Waals surface area contributed by atoms with Crippen molar-refractivity contribution in [2.45, 2.75) is 32.8 Å². The van der Waals surface area contributed by atoms with Gasteiger partial charge in [-0.05, 0) is 32.4 Å². The summed E-state index contributed by atoms with van der Waals surface area (Å²) in [6, 6.07) is 4.57. The van der Waals surface area contributed by atoms with Crippen molar-refractivity contribution in [3.05, 3.63) is 24.0 Å². The molecule has 1 heterocycles. The maximum Gasteiger partial charge on any atom is 0.261 e. The van der Waals surface area contributed by atoms with Crippen LogP contribution < -0.4 is 0 Å². The third-order valence-corrected chi connectivity index (χ3v) is 3.28. The summed E-state index contributed by atoms with van der Waals surface area (Å²) in [6.45, 7) is 6.28. The fraction of sp³-hybridized carbons (Fsp3) is 0.429. The van der Waals surface area contributed by atoms with Gasteiger partial charge in [-0.3, -0.25) is 0 Å². The Morgan fingerprint density at radius 2 is 2.05 bits per heavy atom. The molecule has 2 rings (SSSR count). The Bertz CT molecular complexity index is 597. The van der Waals surface area contributed by atoms with Gasteiger partial charge in [-0.1, -0.05) is 18.1 Å². The zero-order valence-electron chi connectivity index (χ0n) is 11.8. The molecule has 20 heavy (non-hydrogen) atoms. The highest BCUT2D eigenvalue weighted by Gasteiger charge is 2.31.